The van der Waals surface area contributed by atoms with Crippen LogP contribution in [0.3, 0.4) is 0 Å². The summed E-state index contributed by atoms with van der Waals surface area (Å²) in [5.74, 6) is 0.704. The molecular formula is C17H18N2O2S. The van der Waals surface area contributed by atoms with Gasteiger partial charge in [-0.15, -0.1) is 11.8 Å². The van der Waals surface area contributed by atoms with E-state index in [2.05, 4.69) is 10.3 Å². The van der Waals surface area contributed by atoms with Crippen molar-refractivity contribution in [2.24, 2.45) is 0 Å². The number of rotatable bonds is 7. The Morgan fingerprint density at radius 3 is 2.64 bits per heavy atom. The zero-order valence-corrected chi connectivity index (χ0v) is 13.2. The van der Waals surface area contributed by atoms with Crippen LogP contribution in [0, 0.1) is 0 Å². The molecule has 0 fully saturated rings. The second kappa shape index (κ2) is 8.34. The highest BCUT2D eigenvalue weighted by molar-refractivity contribution is 7.99. The average molecular weight is 314 g/mol. The number of aromatic nitrogens is 1. The molecule has 1 heterocycles. The number of hydrogen-bond donors (Lipinski definition) is 1. The highest BCUT2D eigenvalue weighted by Gasteiger charge is 2.09. The van der Waals surface area contributed by atoms with Crippen LogP contribution in [0.15, 0.2) is 53.7 Å². The van der Waals surface area contributed by atoms with Crippen LogP contribution in [0.2, 0.25) is 0 Å². The fourth-order valence-corrected chi connectivity index (χ4v) is 2.76. The van der Waals surface area contributed by atoms with Gasteiger partial charge in [0.2, 0.25) is 5.91 Å². The number of pyridine rings is 1. The maximum Gasteiger partial charge on any atom is 0.224 e. The van der Waals surface area contributed by atoms with Gasteiger partial charge in [0.1, 0.15) is 0 Å². The first-order chi connectivity index (χ1) is 10.7. The van der Waals surface area contributed by atoms with Crippen LogP contribution in [0.5, 0.6) is 0 Å². The first-order valence-electron chi connectivity index (χ1n) is 7.10. The minimum atomic E-state index is -0.0738. The molecule has 2 aromatic rings. The lowest BCUT2D eigenvalue weighted by Gasteiger charge is -2.08. The molecule has 0 aliphatic heterocycles. The molecule has 1 aromatic carbocycles. The van der Waals surface area contributed by atoms with E-state index in [1.54, 1.807) is 42.2 Å². The molecule has 0 radical (unpaired) electrons. The van der Waals surface area contributed by atoms with Crippen molar-refractivity contribution in [1.29, 1.82) is 0 Å². The molecule has 4 nitrogen and oxygen atoms in total. The Morgan fingerprint density at radius 1 is 1.14 bits per heavy atom. The molecular weight excluding hydrogens is 296 g/mol. The van der Waals surface area contributed by atoms with E-state index in [0.717, 1.165) is 17.2 Å². The third kappa shape index (κ3) is 5.00. The van der Waals surface area contributed by atoms with Crippen LogP contribution in [0.25, 0.3) is 0 Å². The summed E-state index contributed by atoms with van der Waals surface area (Å²) in [6, 6.07) is 12.8. The molecule has 1 amide bonds. The Morgan fingerprint density at radius 2 is 1.91 bits per heavy atom. The third-order valence-corrected chi connectivity index (χ3v) is 4.05. The van der Waals surface area contributed by atoms with Crippen molar-refractivity contribution >= 4 is 29.1 Å². The molecule has 2 rings (SSSR count). The van der Waals surface area contributed by atoms with Crippen molar-refractivity contribution in [3.63, 3.8) is 0 Å². The van der Waals surface area contributed by atoms with Crippen LogP contribution < -0.4 is 5.32 Å². The van der Waals surface area contributed by atoms with Gasteiger partial charge < -0.3 is 5.32 Å². The predicted octanol–water partition coefficient (Wildman–Crippen LogP) is 3.80. The standard InChI is InChI=1S/C17H18N2O2S/c1-13(20)14-7-2-3-8-15(14)19-16(21)9-6-12-22-17-10-4-5-11-18-17/h2-5,7-8,10-11H,6,9,12H2,1H3,(H,19,21). The maximum atomic E-state index is 12.0. The molecule has 0 unspecified atom stereocenters. The molecule has 1 aromatic heterocycles. The summed E-state index contributed by atoms with van der Waals surface area (Å²) in [7, 11) is 0. The molecule has 22 heavy (non-hydrogen) atoms. The Labute approximate surface area is 134 Å². The summed E-state index contributed by atoms with van der Waals surface area (Å²) in [5, 5.41) is 3.77. The van der Waals surface area contributed by atoms with E-state index >= 15 is 0 Å². The van der Waals surface area contributed by atoms with Gasteiger partial charge in [0.05, 0.1) is 10.7 Å². The van der Waals surface area contributed by atoms with Gasteiger partial charge in [-0.2, -0.15) is 0 Å². The second-order valence-electron chi connectivity index (χ2n) is 4.77. The molecule has 5 heteroatoms. The van der Waals surface area contributed by atoms with Gasteiger partial charge in [-0.25, -0.2) is 4.98 Å². The number of nitrogens with zero attached hydrogens (tertiary/aromatic N) is 1. The zero-order valence-electron chi connectivity index (χ0n) is 12.4. The van der Waals surface area contributed by atoms with E-state index < -0.39 is 0 Å². The van der Waals surface area contributed by atoms with Gasteiger partial charge in [0.15, 0.2) is 5.78 Å². The molecule has 0 aliphatic rings. The van der Waals surface area contributed by atoms with Crippen LogP contribution in [0.4, 0.5) is 5.69 Å². The quantitative estimate of drug-likeness (QED) is 0.480. The van der Waals surface area contributed by atoms with Crippen molar-refractivity contribution in [3.05, 3.63) is 54.2 Å². The number of benzene rings is 1. The van der Waals surface area contributed by atoms with Crippen molar-refractivity contribution < 1.29 is 9.59 Å². The SMILES string of the molecule is CC(=O)c1ccccc1NC(=O)CCCSc1ccccn1. The number of anilines is 1. The third-order valence-electron chi connectivity index (χ3n) is 3.02. The lowest BCUT2D eigenvalue weighted by Crippen LogP contribution is -2.13. The molecule has 0 spiro atoms. The van der Waals surface area contributed by atoms with E-state index in [1.165, 1.54) is 6.92 Å². The number of para-hydroxylation sites is 1. The molecule has 0 saturated carbocycles. The van der Waals surface area contributed by atoms with E-state index in [-0.39, 0.29) is 11.7 Å². The summed E-state index contributed by atoms with van der Waals surface area (Å²) in [5.41, 5.74) is 1.12. The smallest absolute Gasteiger partial charge is 0.224 e. The summed E-state index contributed by atoms with van der Waals surface area (Å²) >= 11 is 1.63. The molecule has 1 N–H and O–H groups in total. The minimum Gasteiger partial charge on any atom is -0.325 e. The van der Waals surface area contributed by atoms with Gasteiger partial charge in [0.25, 0.3) is 0 Å². The van der Waals surface area contributed by atoms with Crippen LogP contribution >= 0.6 is 11.8 Å². The summed E-state index contributed by atoms with van der Waals surface area (Å²) < 4.78 is 0. The van der Waals surface area contributed by atoms with E-state index in [9.17, 15) is 9.59 Å². The van der Waals surface area contributed by atoms with Crippen LogP contribution in [0.1, 0.15) is 30.1 Å². The Bertz CT molecular complexity index is 644. The minimum absolute atomic E-state index is 0.0541. The molecule has 0 aliphatic carbocycles. The van der Waals surface area contributed by atoms with Gasteiger partial charge >= 0.3 is 0 Å². The van der Waals surface area contributed by atoms with Gasteiger partial charge in [-0.3, -0.25) is 9.59 Å². The van der Waals surface area contributed by atoms with Gasteiger partial charge in [0, 0.05) is 18.2 Å². The van der Waals surface area contributed by atoms with Crippen molar-refractivity contribution in [3.8, 4) is 0 Å². The van der Waals surface area contributed by atoms with E-state index in [1.807, 2.05) is 18.2 Å². The number of nitrogens with one attached hydrogen (secondary N) is 1. The van der Waals surface area contributed by atoms with E-state index in [0.29, 0.717) is 17.7 Å². The number of hydrogen-bond acceptors (Lipinski definition) is 4. The molecule has 0 saturated heterocycles. The Hall–Kier alpha value is -2.14. The van der Waals surface area contributed by atoms with Gasteiger partial charge in [-0.1, -0.05) is 18.2 Å². The average Bonchev–Trinajstić information content (AvgIpc) is 2.53. The van der Waals surface area contributed by atoms with Crippen molar-refractivity contribution in [1.82, 2.24) is 4.98 Å². The fourth-order valence-electron chi connectivity index (χ4n) is 1.95. The number of thioether (sulfide) groups is 1. The summed E-state index contributed by atoms with van der Waals surface area (Å²) in [6.07, 6.45) is 2.94. The number of Topliss-reactive ketones (excluding diaryl/α,β-unsaturated/α-hetero) is 1. The zero-order chi connectivity index (χ0) is 15.8. The highest BCUT2D eigenvalue weighted by Crippen LogP contribution is 2.18. The van der Waals surface area contributed by atoms with Gasteiger partial charge in [-0.05, 0) is 43.4 Å². The molecule has 0 atom stereocenters. The van der Waals surface area contributed by atoms with E-state index in [4.69, 9.17) is 0 Å². The van der Waals surface area contributed by atoms with Crippen LogP contribution in [-0.4, -0.2) is 22.4 Å². The molecule has 114 valence electrons. The topological polar surface area (TPSA) is 59.1 Å². The Balaban J connectivity index is 1.78. The maximum absolute atomic E-state index is 12.0. The second-order valence-corrected chi connectivity index (χ2v) is 5.89. The van der Waals surface area contributed by atoms with Crippen LogP contribution in [-0.2, 0) is 4.79 Å². The summed E-state index contributed by atoms with van der Waals surface area (Å²) in [4.78, 5) is 27.7. The number of carbonyl (C=O) groups is 2. The normalized spacial score (nSPS) is 10.2. The first kappa shape index (κ1) is 16.2. The largest absolute Gasteiger partial charge is 0.325 e. The fraction of sp³-hybridized carbons (Fsp3) is 0.235. The van der Waals surface area contributed by atoms with Crippen molar-refractivity contribution in [2.75, 3.05) is 11.1 Å². The lowest BCUT2D eigenvalue weighted by molar-refractivity contribution is -0.116. The monoisotopic (exact) mass is 314 g/mol. The number of amides is 1. The predicted molar refractivity (Wildman–Crippen MR) is 89.3 cm³/mol. The Kier molecular flexibility index (Phi) is 6.15. The number of carbonyl (C=O) groups excluding carboxylic acids is 2. The number of ketones is 1. The lowest BCUT2D eigenvalue weighted by atomic mass is 10.1. The highest BCUT2D eigenvalue weighted by atomic mass is 32.2. The van der Waals surface area contributed by atoms with Crippen molar-refractivity contribution in [2.45, 2.75) is 24.8 Å². The molecule has 0 bridgehead atoms. The first-order valence-corrected chi connectivity index (χ1v) is 8.09. The summed E-state index contributed by atoms with van der Waals surface area (Å²) in [6.45, 7) is 1.49.